The minimum atomic E-state index is -0.464. The highest BCUT2D eigenvalue weighted by Gasteiger charge is 2.06. The highest BCUT2D eigenvalue weighted by atomic mass is 19.1. The number of aldehydes is 1. The van der Waals surface area contributed by atoms with E-state index in [4.69, 9.17) is 9.47 Å². The van der Waals surface area contributed by atoms with Gasteiger partial charge in [0, 0.05) is 7.11 Å². The SMILES string of the molecule is COCCc1ccc(Oc2ccc(F)cc2C=O)cc1. The molecule has 0 saturated heterocycles. The molecule has 20 heavy (non-hydrogen) atoms. The first kappa shape index (κ1) is 14.2. The number of methoxy groups -OCH3 is 1. The first-order chi connectivity index (χ1) is 9.72. The predicted molar refractivity (Wildman–Crippen MR) is 73.9 cm³/mol. The Bertz CT molecular complexity index is 579. The third-order valence-electron chi connectivity index (χ3n) is 2.84. The van der Waals surface area contributed by atoms with E-state index in [1.165, 1.54) is 12.1 Å². The van der Waals surface area contributed by atoms with Crippen molar-refractivity contribution >= 4 is 6.29 Å². The summed E-state index contributed by atoms with van der Waals surface area (Å²) in [7, 11) is 1.66. The summed E-state index contributed by atoms with van der Waals surface area (Å²) in [6.07, 6.45) is 1.40. The van der Waals surface area contributed by atoms with E-state index in [9.17, 15) is 9.18 Å². The number of hydrogen-bond acceptors (Lipinski definition) is 3. The zero-order valence-corrected chi connectivity index (χ0v) is 11.1. The van der Waals surface area contributed by atoms with Gasteiger partial charge in [0.15, 0.2) is 6.29 Å². The Morgan fingerprint density at radius 2 is 1.90 bits per heavy atom. The summed E-state index contributed by atoms with van der Waals surface area (Å²) in [5.74, 6) is 0.473. The molecule has 0 bridgehead atoms. The summed E-state index contributed by atoms with van der Waals surface area (Å²) in [6.45, 7) is 0.660. The van der Waals surface area contributed by atoms with E-state index in [1.54, 1.807) is 7.11 Å². The van der Waals surface area contributed by atoms with Gasteiger partial charge in [-0.2, -0.15) is 0 Å². The molecular weight excluding hydrogens is 259 g/mol. The summed E-state index contributed by atoms with van der Waals surface area (Å²) >= 11 is 0. The third kappa shape index (κ3) is 3.65. The summed E-state index contributed by atoms with van der Waals surface area (Å²) < 4.78 is 23.6. The van der Waals surface area contributed by atoms with E-state index >= 15 is 0 Å². The fourth-order valence-corrected chi connectivity index (χ4v) is 1.78. The molecule has 0 atom stereocenters. The van der Waals surface area contributed by atoms with Gasteiger partial charge in [-0.05, 0) is 42.3 Å². The average molecular weight is 274 g/mol. The molecule has 104 valence electrons. The molecule has 0 amide bonds. The molecule has 0 N–H and O–H groups in total. The topological polar surface area (TPSA) is 35.5 Å². The van der Waals surface area contributed by atoms with Crippen molar-refractivity contribution in [1.29, 1.82) is 0 Å². The van der Waals surface area contributed by atoms with Crippen LogP contribution < -0.4 is 4.74 Å². The average Bonchev–Trinajstić information content (AvgIpc) is 2.48. The molecule has 0 aliphatic rings. The Morgan fingerprint density at radius 3 is 2.55 bits per heavy atom. The molecule has 0 saturated carbocycles. The van der Waals surface area contributed by atoms with E-state index in [0.29, 0.717) is 24.4 Å². The quantitative estimate of drug-likeness (QED) is 0.755. The van der Waals surface area contributed by atoms with Crippen LogP contribution in [0, 0.1) is 5.82 Å². The first-order valence-electron chi connectivity index (χ1n) is 6.23. The number of rotatable bonds is 6. The van der Waals surface area contributed by atoms with Gasteiger partial charge < -0.3 is 9.47 Å². The van der Waals surface area contributed by atoms with E-state index in [-0.39, 0.29) is 5.56 Å². The van der Waals surface area contributed by atoms with Crippen LogP contribution in [-0.4, -0.2) is 20.0 Å². The van der Waals surface area contributed by atoms with Crippen molar-refractivity contribution in [1.82, 2.24) is 0 Å². The Balaban J connectivity index is 2.12. The molecule has 0 fully saturated rings. The van der Waals surface area contributed by atoms with Crippen LogP contribution in [0.2, 0.25) is 0 Å². The second kappa shape index (κ2) is 6.82. The van der Waals surface area contributed by atoms with Crippen molar-refractivity contribution < 1.29 is 18.7 Å². The molecule has 2 rings (SSSR count). The van der Waals surface area contributed by atoms with Crippen molar-refractivity contribution in [2.24, 2.45) is 0 Å². The minimum absolute atomic E-state index is 0.188. The fraction of sp³-hybridized carbons (Fsp3) is 0.188. The lowest BCUT2D eigenvalue weighted by atomic mass is 10.1. The summed E-state index contributed by atoms with van der Waals surface area (Å²) in [5, 5.41) is 0. The number of carbonyl (C=O) groups is 1. The Morgan fingerprint density at radius 1 is 1.15 bits per heavy atom. The minimum Gasteiger partial charge on any atom is -0.457 e. The molecule has 0 heterocycles. The molecule has 3 nitrogen and oxygen atoms in total. The maximum absolute atomic E-state index is 13.0. The summed E-state index contributed by atoms with van der Waals surface area (Å²) in [6, 6.07) is 11.3. The number of ether oxygens (including phenoxy) is 2. The highest BCUT2D eigenvalue weighted by molar-refractivity contribution is 5.79. The van der Waals surface area contributed by atoms with Crippen LogP contribution in [0.3, 0.4) is 0 Å². The molecule has 4 heteroatoms. The van der Waals surface area contributed by atoms with Crippen LogP contribution in [0.1, 0.15) is 15.9 Å². The van der Waals surface area contributed by atoms with Crippen molar-refractivity contribution in [3.8, 4) is 11.5 Å². The largest absolute Gasteiger partial charge is 0.457 e. The predicted octanol–water partition coefficient (Wildman–Crippen LogP) is 3.62. The second-order valence-corrected chi connectivity index (χ2v) is 4.29. The van der Waals surface area contributed by atoms with Crippen molar-refractivity contribution in [2.75, 3.05) is 13.7 Å². The molecule has 0 aliphatic carbocycles. The van der Waals surface area contributed by atoms with Gasteiger partial charge in [0.2, 0.25) is 0 Å². The van der Waals surface area contributed by atoms with Gasteiger partial charge in [0.1, 0.15) is 17.3 Å². The van der Waals surface area contributed by atoms with Crippen molar-refractivity contribution in [2.45, 2.75) is 6.42 Å². The van der Waals surface area contributed by atoms with E-state index in [0.717, 1.165) is 18.1 Å². The van der Waals surface area contributed by atoms with E-state index < -0.39 is 5.82 Å². The third-order valence-corrected chi connectivity index (χ3v) is 2.84. The van der Waals surface area contributed by atoms with Gasteiger partial charge in [0.05, 0.1) is 12.2 Å². The van der Waals surface area contributed by atoms with Gasteiger partial charge in [-0.15, -0.1) is 0 Å². The number of carbonyl (C=O) groups excluding carboxylic acids is 1. The van der Waals surface area contributed by atoms with Gasteiger partial charge in [0.25, 0.3) is 0 Å². The lowest BCUT2D eigenvalue weighted by Crippen LogP contribution is -1.95. The fourth-order valence-electron chi connectivity index (χ4n) is 1.78. The number of halogens is 1. The normalized spacial score (nSPS) is 10.3. The molecule has 2 aromatic rings. The van der Waals surface area contributed by atoms with Gasteiger partial charge >= 0.3 is 0 Å². The standard InChI is InChI=1S/C16H15FO3/c1-19-9-8-12-2-5-15(6-3-12)20-16-7-4-14(17)10-13(16)11-18/h2-7,10-11H,8-9H2,1H3. The number of benzene rings is 2. The van der Waals surface area contributed by atoms with Crippen LogP contribution in [0.25, 0.3) is 0 Å². The molecule has 0 aliphatic heterocycles. The lowest BCUT2D eigenvalue weighted by molar-refractivity contribution is 0.112. The van der Waals surface area contributed by atoms with Crippen molar-refractivity contribution in [3.05, 3.63) is 59.4 Å². The number of hydrogen-bond donors (Lipinski definition) is 0. The van der Waals surface area contributed by atoms with Gasteiger partial charge in [-0.3, -0.25) is 4.79 Å². The van der Waals surface area contributed by atoms with Crippen molar-refractivity contribution in [3.63, 3.8) is 0 Å². The molecule has 0 aromatic heterocycles. The van der Waals surface area contributed by atoms with Crippen LogP contribution in [0.4, 0.5) is 4.39 Å². The molecule has 0 unspecified atom stereocenters. The Hall–Kier alpha value is -2.20. The van der Waals surface area contributed by atoms with Gasteiger partial charge in [-0.25, -0.2) is 4.39 Å². The van der Waals surface area contributed by atoms with Crippen LogP contribution in [0.15, 0.2) is 42.5 Å². The zero-order valence-electron chi connectivity index (χ0n) is 11.1. The van der Waals surface area contributed by atoms with E-state index in [1.807, 2.05) is 24.3 Å². The lowest BCUT2D eigenvalue weighted by Gasteiger charge is -2.08. The van der Waals surface area contributed by atoms with E-state index in [2.05, 4.69) is 0 Å². The smallest absolute Gasteiger partial charge is 0.153 e. The van der Waals surface area contributed by atoms with Crippen LogP contribution >= 0.6 is 0 Å². The maximum Gasteiger partial charge on any atom is 0.153 e. The van der Waals surface area contributed by atoms with Crippen LogP contribution in [0.5, 0.6) is 11.5 Å². The monoisotopic (exact) mass is 274 g/mol. The van der Waals surface area contributed by atoms with Gasteiger partial charge in [-0.1, -0.05) is 12.1 Å². The summed E-state index contributed by atoms with van der Waals surface area (Å²) in [5.41, 5.74) is 1.32. The second-order valence-electron chi connectivity index (χ2n) is 4.29. The molecular formula is C16H15FO3. The maximum atomic E-state index is 13.0. The summed E-state index contributed by atoms with van der Waals surface area (Å²) in [4.78, 5) is 10.9. The molecule has 2 aromatic carbocycles. The zero-order chi connectivity index (χ0) is 14.4. The molecule has 0 radical (unpaired) electrons. The molecule has 0 spiro atoms. The highest BCUT2D eigenvalue weighted by Crippen LogP contribution is 2.25. The first-order valence-corrected chi connectivity index (χ1v) is 6.23. The van der Waals surface area contributed by atoms with Crippen LogP contribution in [-0.2, 0) is 11.2 Å². The Labute approximate surface area is 117 Å². The Kier molecular flexibility index (Phi) is 4.85.